The van der Waals surface area contributed by atoms with Gasteiger partial charge in [-0.15, -0.1) is 0 Å². The van der Waals surface area contributed by atoms with Gasteiger partial charge in [-0.25, -0.2) is 14.4 Å². The van der Waals surface area contributed by atoms with E-state index in [1.807, 2.05) is 13.0 Å². The molecule has 0 amide bonds. The molecular formula is C24H26ClFN6OS. The number of anilines is 1. The highest BCUT2D eigenvalue weighted by atomic mass is 35.5. The van der Waals surface area contributed by atoms with Gasteiger partial charge in [-0.1, -0.05) is 29.4 Å². The molecule has 3 heterocycles. The van der Waals surface area contributed by atoms with Crippen LogP contribution < -0.4 is 17.2 Å². The molecule has 2 aromatic rings. The fourth-order valence-corrected chi connectivity index (χ4v) is 6.51. The molecule has 178 valence electrons. The fraction of sp³-hybridized carbons (Fsp3) is 0.375. The van der Waals surface area contributed by atoms with Crippen LogP contribution in [0.1, 0.15) is 36.9 Å². The SMILES string of the molecule is C[C@@H]1C(=O)C(Sc2ccnc(N)c2Cl)=C(N)N=C1N1CCC2(CC1)Cc1cc(F)ccc1C2N. The molecule has 34 heavy (non-hydrogen) atoms. The van der Waals surface area contributed by atoms with Crippen LogP contribution in [0.2, 0.25) is 5.02 Å². The molecular weight excluding hydrogens is 475 g/mol. The Morgan fingerprint density at radius 1 is 1.24 bits per heavy atom. The van der Waals surface area contributed by atoms with Crippen molar-refractivity contribution in [2.75, 3.05) is 18.8 Å². The minimum absolute atomic E-state index is 0.0975. The van der Waals surface area contributed by atoms with Crippen LogP contribution in [0.25, 0.3) is 0 Å². The second-order valence-electron chi connectivity index (χ2n) is 9.23. The van der Waals surface area contributed by atoms with Crippen molar-refractivity contribution in [2.45, 2.75) is 37.1 Å². The summed E-state index contributed by atoms with van der Waals surface area (Å²) < 4.78 is 13.7. The maximum Gasteiger partial charge on any atom is 0.183 e. The lowest BCUT2D eigenvalue weighted by Gasteiger charge is -2.44. The number of nitrogens with two attached hydrogens (primary N) is 3. The molecule has 1 spiro atoms. The Bertz CT molecular complexity index is 1240. The number of carbonyl (C=O) groups is 1. The lowest BCUT2D eigenvalue weighted by Crippen LogP contribution is -2.49. The molecule has 10 heteroatoms. The Kier molecular flexibility index (Phi) is 5.82. The highest BCUT2D eigenvalue weighted by Crippen LogP contribution is 2.51. The number of thioether (sulfide) groups is 1. The first-order valence-corrected chi connectivity index (χ1v) is 12.4. The second kappa shape index (κ2) is 8.55. The summed E-state index contributed by atoms with van der Waals surface area (Å²) in [6.07, 6.45) is 3.98. The largest absolute Gasteiger partial charge is 0.383 e. The average Bonchev–Trinajstić information content (AvgIpc) is 3.07. The molecule has 0 bridgehead atoms. The Hall–Kier alpha value is -2.62. The zero-order chi connectivity index (χ0) is 24.2. The van der Waals surface area contributed by atoms with Gasteiger partial charge in [-0.2, -0.15) is 0 Å². The van der Waals surface area contributed by atoms with Crippen LogP contribution >= 0.6 is 23.4 Å². The van der Waals surface area contributed by atoms with Crippen molar-refractivity contribution in [3.63, 3.8) is 0 Å². The molecule has 1 aromatic heterocycles. The van der Waals surface area contributed by atoms with E-state index < -0.39 is 5.92 Å². The number of aliphatic imine (C=N–C) groups is 1. The molecule has 1 fully saturated rings. The monoisotopic (exact) mass is 500 g/mol. The number of piperidine rings is 1. The zero-order valence-electron chi connectivity index (χ0n) is 18.7. The molecule has 7 nitrogen and oxygen atoms in total. The fourth-order valence-electron chi connectivity index (χ4n) is 5.31. The Morgan fingerprint density at radius 3 is 2.71 bits per heavy atom. The third-order valence-electron chi connectivity index (χ3n) is 7.29. The van der Waals surface area contributed by atoms with Crippen LogP contribution in [0.5, 0.6) is 0 Å². The van der Waals surface area contributed by atoms with Crippen molar-refractivity contribution in [1.82, 2.24) is 9.88 Å². The van der Waals surface area contributed by atoms with Gasteiger partial charge in [-0.3, -0.25) is 4.79 Å². The Balaban J connectivity index is 1.35. The number of hydrogen-bond donors (Lipinski definition) is 3. The van der Waals surface area contributed by atoms with Crippen molar-refractivity contribution in [3.8, 4) is 0 Å². The van der Waals surface area contributed by atoms with E-state index in [1.165, 1.54) is 12.3 Å². The topological polar surface area (TPSA) is 124 Å². The van der Waals surface area contributed by atoms with Crippen LogP contribution in [0, 0.1) is 17.2 Å². The van der Waals surface area contributed by atoms with Crippen LogP contribution in [0.15, 0.2) is 51.1 Å². The molecule has 3 aliphatic rings. The standard InChI is InChI=1S/C24H26ClFN6OS/c1-12-18(33)19(34-16-4-7-30-21(28)17(16)25)22(29)31-23(12)32-8-5-24(6-9-32)11-13-10-14(26)2-3-15(13)20(24)27/h2-4,7,10,12,20H,5-6,8-9,11,27,29H2,1H3,(H2,28,30)/t12-,20?/m1/s1. The molecule has 1 aromatic carbocycles. The summed E-state index contributed by atoms with van der Waals surface area (Å²) in [5, 5.41) is 0.290. The van der Waals surface area contributed by atoms with Gasteiger partial charge in [0.15, 0.2) is 5.78 Å². The highest BCUT2D eigenvalue weighted by molar-refractivity contribution is 8.04. The van der Waals surface area contributed by atoms with Crippen LogP contribution in [-0.4, -0.2) is 34.6 Å². The minimum atomic E-state index is -0.439. The van der Waals surface area contributed by atoms with Gasteiger partial charge in [0.2, 0.25) is 0 Å². The van der Waals surface area contributed by atoms with Gasteiger partial charge in [-0.05, 0) is 60.9 Å². The molecule has 1 saturated heterocycles. The summed E-state index contributed by atoms with van der Waals surface area (Å²) in [5.41, 5.74) is 20.6. The zero-order valence-corrected chi connectivity index (χ0v) is 20.3. The molecule has 6 N–H and O–H groups in total. The summed E-state index contributed by atoms with van der Waals surface area (Å²) in [6, 6.07) is 6.48. The summed E-state index contributed by atoms with van der Waals surface area (Å²) in [5.74, 6) is 0.289. The third-order valence-corrected chi connectivity index (χ3v) is 8.97. The molecule has 0 saturated carbocycles. The molecule has 1 unspecified atom stereocenters. The molecule has 0 radical (unpaired) electrons. The number of allylic oxidation sites excluding steroid dienone is 1. The lowest BCUT2D eigenvalue weighted by molar-refractivity contribution is -0.116. The van der Waals surface area contributed by atoms with Crippen molar-refractivity contribution in [1.29, 1.82) is 0 Å². The lowest BCUT2D eigenvalue weighted by atomic mass is 9.73. The van der Waals surface area contributed by atoms with Gasteiger partial charge in [0.25, 0.3) is 0 Å². The normalized spacial score (nSPS) is 23.9. The van der Waals surface area contributed by atoms with Crippen LogP contribution in [-0.2, 0) is 11.2 Å². The van der Waals surface area contributed by atoms with E-state index in [2.05, 4.69) is 14.9 Å². The van der Waals surface area contributed by atoms with E-state index in [-0.39, 0.29) is 39.7 Å². The molecule has 2 atom stereocenters. The number of aromatic nitrogens is 1. The third kappa shape index (κ3) is 3.76. The predicted octanol–water partition coefficient (Wildman–Crippen LogP) is 3.63. The van der Waals surface area contributed by atoms with Gasteiger partial charge in [0.05, 0.1) is 15.8 Å². The Morgan fingerprint density at radius 2 is 1.97 bits per heavy atom. The number of likely N-dealkylation sites (tertiary alicyclic amines) is 1. The first-order valence-electron chi connectivity index (χ1n) is 11.2. The number of Topliss-reactive ketones (excluding diaryl/α,β-unsaturated/α-hetero) is 1. The van der Waals surface area contributed by atoms with Crippen molar-refractivity contribution >= 4 is 40.8 Å². The number of halogens is 2. The number of rotatable bonds is 2. The van der Waals surface area contributed by atoms with E-state index in [0.717, 1.165) is 42.2 Å². The summed E-state index contributed by atoms with van der Waals surface area (Å²) in [4.78, 5) is 24.9. The van der Waals surface area contributed by atoms with Gasteiger partial charge < -0.3 is 22.1 Å². The molecule has 1 aliphatic carbocycles. The number of benzene rings is 1. The number of pyridine rings is 1. The quantitative estimate of drug-likeness (QED) is 0.575. The summed E-state index contributed by atoms with van der Waals surface area (Å²) in [6.45, 7) is 3.27. The van der Waals surface area contributed by atoms with Gasteiger partial charge in [0.1, 0.15) is 23.3 Å². The maximum atomic E-state index is 13.7. The van der Waals surface area contributed by atoms with Crippen LogP contribution in [0.3, 0.4) is 0 Å². The number of fused-ring (bicyclic) bond motifs is 1. The number of amidine groups is 1. The van der Waals surface area contributed by atoms with Gasteiger partial charge >= 0.3 is 0 Å². The second-order valence-corrected chi connectivity index (χ2v) is 10.7. The van der Waals surface area contributed by atoms with Gasteiger partial charge in [0, 0.05) is 30.2 Å². The van der Waals surface area contributed by atoms with Crippen molar-refractivity contribution in [2.24, 2.45) is 27.8 Å². The first-order chi connectivity index (χ1) is 16.2. The van der Waals surface area contributed by atoms with Crippen LogP contribution in [0.4, 0.5) is 10.2 Å². The van der Waals surface area contributed by atoms with Crippen molar-refractivity contribution in [3.05, 3.63) is 63.2 Å². The van der Waals surface area contributed by atoms with E-state index in [9.17, 15) is 9.18 Å². The van der Waals surface area contributed by atoms with E-state index >= 15 is 0 Å². The number of hydrogen-bond acceptors (Lipinski definition) is 8. The molecule has 5 rings (SSSR count). The minimum Gasteiger partial charge on any atom is -0.383 e. The number of carbonyl (C=O) groups excluding carboxylic acids is 1. The summed E-state index contributed by atoms with van der Waals surface area (Å²) >= 11 is 7.41. The maximum absolute atomic E-state index is 13.7. The van der Waals surface area contributed by atoms with Crippen molar-refractivity contribution < 1.29 is 9.18 Å². The van der Waals surface area contributed by atoms with E-state index in [0.29, 0.717) is 28.7 Å². The number of ketones is 1. The number of nitrogens with zero attached hydrogens (tertiary/aromatic N) is 3. The molecule has 2 aliphatic heterocycles. The number of nitrogen functional groups attached to an aromatic ring is 1. The Labute approximate surface area is 206 Å². The van der Waals surface area contributed by atoms with E-state index in [4.69, 9.17) is 28.8 Å². The smallest absolute Gasteiger partial charge is 0.183 e. The summed E-state index contributed by atoms with van der Waals surface area (Å²) in [7, 11) is 0. The highest BCUT2D eigenvalue weighted by Gasteiger charge is 2.47. The first kappa shape index (κ1) is 23.1. The average molecular weight is 501 g/mol. The predicted molar refractivity (Wildman–Crippen MR) is 133 cm³/mol. The van der Waals surface area contributed by atoms with E-state index in [1.54, 1.807) is 12.1 Å².